The maximum absolute atomic E-state index is 5.46. The molecule has 2 N–H and O–H groups in total. The van der Waals surface area contributed by atoms with Crippen LogP contribution < -0.4 is 5.73 Å². The SMILES string of the molecule is CCC1(CC)CN(CCCCCN)C1. The van der Waals surface area contributed by atoms with Crippen molar-refractivity contribution in [1.29, 1.82) is 0 Å². The fourth-order valence-electron chi connectivity index (χ4n) is 2.41. The third-order valence-electron chi connectivity index (χ3n) is 3.80. The van der Waals surface area contributed by atoms with Crippen LogP contribution in [0.1, 0.15) is 46.0 Å². The van der Waals surface area contributed by atoms with Crippen molar-refractivity contribution >= 4 is 0 Å². The van der Waals surface area contributed by atoms with Crippen molar-refractivity contribution in [2.24, 2.45) is 11.1 Å². The quantitative estimate of drug-likeness (QED) is 0.636. The van der Waals surface area contributed by atoms with Crippen LogP contribution in [0.15, 0.2) is 0 Å². The zero-order valence-electron chi connectivity index (χ0n) is 9.89. The lowest BCUT2D eigenvalue weighted by atomic mass is 9.75. The highest BCUT2D eigenvalue weighted by Crippen LogP contribution is 2.36. The second kappa shape index (κ2) is 5.72. The van der Waals surface area contributed by atoms with Gasteiger partial charge in [0.05, 0.1) is 0 Å². The summed E-state index contributed by atoms with van der Waals surface area (Å²) in [6.45, 7) is 9.48. The second-order valence-corrected chi connectivity index (χ2v) is 4.77. The Morgan fingerprint density at radius 3 is 2.21 bits per heavy atom. The third-order valence-corrected chi connectivity index (χ3v) is 3.80. The Morgan fingerprint density at radius 2 is 1.71 bits per heavy atom. The van der Waals surface area contributed by atoms with Crippen molar-refractivity contribution in [1.82, 2.24) is 4.90 Å². The molecular weight excluding hydrogens is 172 g/mol. The van der Waals surface area contributed by atoms with Gasteiger partial charge < -0.3 is 10.6 Å². The van der Waals surface area contributed by atoms with Crippen LogP contribution in [0.3, 0.4) is 0 Å². The summed E-state index contributed by atoms with van der Waals surface area (Å²) in [5, 5.41) is 0. The van der Waals surface area contributed by atoms with E-state index in [2.05, 4.69) is 18.7 Å². The summed E-state index contributed by atoms with van der Waals surface area (Å²) in [4.78, 5) is 2.60. The molecule has 0 amide bonds. The Bertz CT molecular complexity index is 144. The highest BCUT2D eigenvalue weighted by atomic mass is 15.2. The van der Waals surface area contributed by atoms with Gasteiger partial charge in [0.25, 0.3) is 0 Å². The summed E-state index contributed by atoms with van der Waals surface area (Å²) in [6, 6.07) is 0. The highest BCUT2D eigenvalue weighted by molar-refractivity contribution is 4.92. The molecule has 0 spiro atoms. The molecule has 2 nitrogen and oxygen atoms in total. The van der Waals surface area contributed by atoms with Gasteiger partial charge in [-0.25, -0.2) is 0 Å². The number of likely N-dealkylation sites (tertiary alicyclic amines) is 1. The molecule has 1 aliphatic heterocycles. The zero-order valence-corrected chi connectivity index (χ0v) is 9.89. The standard InChI is InChI=1S/C12H26N2/c1-3-12(4-2)10-14(11-12)9-7-5-6-8-13/h3-11,13H2,1-2H3. The van der Waals surface area contributed by atoms with Gasteiger partial charge >= 0.3 is 0 Å². The molecule has 0 unspecified atom stereocenters. The largest absolute Gasteiger partial charge is 0.330 e. The Hall–Kier alpha value is -0.0800. The van der Waals surface area contributed by atoms with Crippen molar-refractivity contribution in [3.63, 3.8) is 0 Å². The Kier molecular flexibility index (Phi) is 4.90. The monoisotopic (exact) mass is 198 g/mol. The molecule has 0 atom stereocenters. The fraction of sp³-hybridized carbons (Fsp3) is 1.00. The van der Waals surface area contributed by atoms with Crippen LogP contribution in [0.4, 0.5) is 0 Å². The summed E-state index contributed by atoms with van der Waals surface area (Å²) in [5.74, 6) is 0. The van der Waals surface area contributed by atoms with E-state index in [0.29, 0.717) is 5.41 Å². The molecule has 14 heavy (non-hydrogen) atoms. The molecule has 1 rings (SSSR count). The third kappa shape index (κ3) is 2.96. The molecule has 1 fully saturated rings. The average Bonchev–Trinajstić information content (AvgIpc) is 2.16. The minimum Gasteiger partial charge on any atom is -0.330 e. The molecule has 0 aromatic rings. The van der Waals surface area contributed by atoms with Gasteiger partial charge in [0, 0.05) is 13.1 Å². The molecule has 0 saturated carbocycles. The van der Waals surface area contributed by atoms with E-state index < -0.39 is 0 Å². The molecule has 0 aliphatic carbocycles. The number of hydrogen-bond acceptors (Lipinski definition) is 2. The number of nitrogens with two attached hydrogens (primary N) is 1. The number of rotatable bonds is 7. The van der Waals surface area contributed by atoms with Gasteiger partial charge in [0.15, 0.2) is 0 Å². The topological polar surface area (TPSA) is 29.3 Å². The summed E-state index contributed by atoms with van der Waals surface area (Å²) < 4.78 is 0. The summed E-state index contributed by atoms with van der Waals surface area (Å²) in [5.41, 5.74) is 6.14. The molecule has 1 saturated heterocycles. The van der Waals surface area contributed by atoms with Crippen LogP contribution in [0.5, 0.6) is 0 Å². The first-order valence-corrected chi connectivity index (χ1v) is 6.19. The number of hydrogen-bond donors (Lipinski definition) is 1. The normalized spacial score (nSPS) is 20.8. The molecular formula is C12H26N2. The first-order chi connectivity index (χ1) is 6.76. The van der Waals surface area contributed by atoms with E-state index in [9.17, 15) is 0 Å². The van der Waals surface area contributed by atoms with Gasteiger partial charge in [-0.2, -0.15) is 0 Å². The van der Waals surface area contributed by atoms with Crippen molar-refractivity contribution in [2.75, 3.05) is 26.2 Å². The van der Waals surface area contributed by atoms with Crippen LogP contribution in [0, 0.1) is 5.41 Å². The molecule has 0 aromatic carbocycles. The van der Waals surface area contributed by atoms with Crippen molar-refractivity contribution in [3.05, 3.63) is 0 Å². The molecule has 1 aliphatic rings. The first kappa shape index (κ1) is 12.0. The van der Waals surface area contributed by atoms with Crippen molar-refractivity contribution < 1.29 is 0 Å². The Morgan fingerprint density at radius 1 is 1.07 bits per heavy atom. The lowest BCUT2D eigenvalue weighted by molar-refractivity contribution is -0.00665. The van der Waals surface area contributed by atoms with Crippen LogP contribution >= 0.6 is 0 Å². The minimum absolute atomic E-state index is 0.674. The average molecular weight is 198 g/mol. The van der Waals surface area contributed by atoms with Crippen molar-refractivity contribution in [2.45, 2.75) is 46.0 Å². The number of unbranched alkanes of at least 4 members (excludes halogenated alkanes) is 2. The van der Waals surface area contributed by atoms with Crippen LogP contribution in [-0.4, -0.2) is 31.1 Å². The van der Waals surface area contributed by atoms with Gasteiger partial charge in [-0.1, -0.05) is 20.3 Å². The van der Waals surface area contributed by atoms with E-state index in [1.54, 1.807) is 0 Å². The molecule has 84 valence electrons. The van der Waals surface area contributed by atoms with E-state index in [4.69, 9.17) is 5.73 Å². The zero-order chi connectivity index (χ0) is 10.4. The lowest BCUT2D eigenvalue weighted by Gasteiger charge is -2.50. The molecule has 2 heteroatoms. The second-order valence-electron chi connectivity index (χ2n) is 4.77. The van der Waals surface area contributed by atoms with Crippen LogP contribution in [0.2, 0.25) is 0 Å². The highest BCUT2D eigenvalue weighted by Gasteiger charge is 2.38. The van der Waals surface area contributed by atoms with Gasteiger partial charge in [-0.15, -0.1) is 0 Å². The minimum atomic E-state index is 0.674. The maximum atomic E-state index is 5.46. The van der Waals surface area contributed by atoms with Gasteiger partial charge in [0.2, 0.25) is 0 Å². The van der Waals surface area contributed by atoms with E-state index >= 15 is 0 Å². The van der Waals surface area contributed by atoms with E-state index in [-0.39, 0.29) is 0 Å². The fourth-order valence-corrected chi connectivity index (χ4v) is 2.41. The van der Waals surface area contributed by atoms with Gasteiger partial charge in [-0.3, -0.25) is 0 Å². The predicted octanol–water partition coefficient (Wildman–Crippen LogP) is 2.24. The smallest absolute Gasteiger partial charge is 0.00503 e. The number of nitrogens with zero attached hydrogens (tertiary/aromatic N) is 1. The van der Waals surface area contributed by atoms with Crippen LogP contribution in [-0.2, 0) is 0 Å². The Labute approximate surface area is 88.8 Å². The van der Waals surface area contributed by atoms with E-state index in [1.807, 2.05) is 0 Å². The van der Waals surface area contributed by atoms with Gasteiger partial charge in [-0.05, 0) is 44.2 Å². The summed E-state index contributed by atoms with van der Waals surface area (Å²) >= 11 is 0. The van der Waals surface area contributed by atoms with Crippen LogP contribution in [0.25, 0.3) is 0 Å². The van der Waals surface area contributed by atoms with Gasteiger partial charge in [0.1, 0.15) is 0 Å². The predicted molar refractivity (Wildman–Crippen MR) is 62.4 cm³/mol. The molecule has 0 radical (unpaired) electrons. The molecule has 0 bridgehead atoms. The summed E-state index contributed by atoms with van der Waals surface area (Å²) in [7, 11) is 0. The molecule has 1 heterocycles. The molecule has 0 aromatic heterocycles. The lowest BCUT2D eigenvalue weighted by Crippen LogP contribution is -2.55. The Balaban J connectivity index is 2.03. The van der Waals surface area contributed by atoms with Crippen molar-refractivity contribution in [3.8, 4) is 0 Å². The maximum Gasteiger partial charge on any atom is 0.00503 e. The first-order valence-electron chi connectivity index (χ1n) is 6.19. The summed E-state index contributed by atoms with van der Waals surface area (Å²) in [6.07, 6.45) is 6.53. The van der Waals surface area contributed by atoms with E-state index in [0.717, 1.165) is 6.54 Å². The van der Waals surface area contributed by atoms with E-state index in [1.165, 1.54) is 51.7 Å².